The maximum absolute atomic E-state index is 13.1. The van der Waals surface area contributed by atoms with E-state index in [4.69, 9.17) is 9.84 Å². The van der Waals surface area contributed by atoms with Crippen molar-refractivity contribution in [3.63, 3.8) is 0 Å². The number of nitrogens with zero attached hydrogens (tertiary/aromatic N) is 2. The molecule has 0 radical (unpaired) electrons. The van der Waals surface area contributed by atoms with E-state index in [-0.39, 0.29) is 11.9 Å². The van der Waals surface area contributed by atoms with E-state index >= 15 is 0 Å². The van der Waals surface area contributed by atoms with Crippen molar-refractivity contribution in [3.8, 4) is 5.75 Å². The van der Waals surface area contributed by atoms with Crippen molar-refractivity contribution < 1.29 is 19.4 Å². The number of fused-ring (bicyclic) bond motifs is 1. The van der Waals surface area contributed by atoms with Gasteiger partial charge in [-0.05, 0) is 44.0 Å². The molecule has 2 heterocycles. The monoisotopic (exact) mass is 346 g/mol. The summed E-state index contributed by atoms with van der Waals surface area (Å²) in [6.07, 6.45) is 4.58. The number of rotatable bonds is 5. The van der Waals surface area contributed by atoms with Crippen LogP contribution in [0.2, 0.25) is 0 Å². The van der Waals surface area contributed by atoms with Crippen molar-refractivity contribution in [1.29, 1.82) is 0 Å². The van der Waals surface area contributed by atoms with Crippen LogP contribution >= 0.6 is 0 Å². The number of ether oxygens (including phenoxy) is 1. The molecule has 2 saturated heterocycles. The van der Waals surface area contributed by atoms with Gasteiger partial charge in [0, 0.05) is 30.7 Å². The minimum Gasteiger partial charge on any atom is -0.482 e. The first-order valence-corrected chi connectivity index (χ1v) is 9.08. The summed E-state index contributed by atoms with van der Waals surface area (Å²) in [5.41, 5.74) is 0.561. The van der Waals surface area contributed by atoms with Crippen LogP contribution in [-0.4, -0.2) is 65.1 Å². The van der Waals surface area contributed by atoms with Gasteiger partial charge in [0.1, 0.15) is 5.75 Å². The fourth-order valence-corrected chi connectivity index (χ4v) is 3.88. The zero-order valence-corrected chi connectivity index (χ0v) is 14.7. The molecular formula is C19H26N2O4. The Labute approximate surface area is 148 Å². The second-order valence-corrected chi connectivity index (χ2v) is 6.87. The number of carbonyl (C=O) groups is 2. The third-order valence-corrected chi connectivity index (χ3v) is 5.22. The van der Waals surface area contributed by atoms with Gasteiger partial charge in [-0.1, -0.05) is 19.4 Å². The van der Waals surface area contributed by atoms with Crippen LogP contribution in [0.4, 0.5) is 0 Å². The van der Waals surface area contributed by atoms with Crippen LogP contribution in [0.25, 0.3) is 0 Å². The lowest BCUT2D eigenvalue weighted by molar-refractivity contribution is -0.139. The molecule has 0 saturated carbocycles. The fourth-order valence-electron chi connectivity index (χ4n) is 3.88. The van der Waals surface area contributed by atoms with Gasteiger partial charge in [0.2, 0.25) is 0 Å². The second-order valence-electron chi connectivity index (χ2n) is 6.87. The number of carboxylic acids is 1. The highest BCUT2D eigenvalue weighted by Crippen LogP contribution is 2.27. The van der Waals surface area contributed by atoms with Crippen molar-refractivity contribution in [2.75, 3.05) is 26.2 Å². The maximum Gasteiger partial charge on any atom is 0.341 e. The molecule has 2 aliphatic rings. The summed E-state index contributed by atoms with van der Waals surface area (Å²) in [4.78, 5) is 28.3. The number of piperidine rings is 1. The molecule has 0 aliphatic carbocycles. The quantitative estimate of drug-likeness (QED) is 0.885. The van der Waals surface area contributed by atoms with E-state index < -0.39 is 12.6 Å². The van der Waals surface area contributed by atoms with Gasteiger partial charge in [-0.25, -0.2) is 4.79 Å². The van der Waals surface area contributed by atoms with Gasteiger partial charge in [-0.3, -0.25) is 9.69 Å². The summed E-state index contributed by atoms with van der Waals surface area (Å²) in [5, 5.41) is 8.73. The molecule has 3 rings (SSSR count). The summed E-state index contributed by atoms with van der Waals surface area (Å²) < 4.78 is 5.21. The van der Waals surface area contributed by atoms with Crippen LogP contribution in [0.3, 0.4) is 0 Å². The molecule has 6 heteroatoms. The van der Waals surface area contributed by atoms with Gasteiger partial charge in [0.25, 0.3) is 5.91 Å². The second kappa shape index (κ2) is 7.87. The molecule has 136 valence electrons. The Morgan fingerprint density at radius 2 is 2.12 bits per heavy atom. The highest BCUT2D eigenvalue weighted by atomic mass is 16.5. The van der Waals surface area contributed by atoms with Crippen molar-refractivity contribution in [2.24, 2.45) is 0 Å². The van der Waals surface area contributed by atoms with Crippen LogP contribution in [0.1, 0.15) is 43.0 Å². The average Bonchev–Trinajstić information content (AvgIpc) is 2.65. The lowest BCUT2D eigenvalue weighted by atomic mass is 9.95. The SMILES string of the molecule is CCC1CN2CCCCC2CN1C(=O)c1cccc(OCC(=O)O)c1. The molecule has 2 fully saturated rings. The van der Waals surface area contributed by atoms with Gasteiger partial charge in [-0.15, -0.1) is 0 Å². The van der Waals surface area contributed by atoms with Crippen molar-refractivity contribution in [2.45, 2.75) is 44.7 Å². The Kier molecular flexibility index (Phi) is 5.58. The molecule has 1 aromatic carbocycles. The molecule has 0 bridgehead atoms. The molecular weight excluding hydrogens is 320 g/mol. The standard InChI is InChI=1S/C19H26N2O4/c1-2-15-11-20-9-4-3-7-16(20)12-21(15)19(24)14-6-5-8-17(10-14)25-13-18(22)23/h5-6,8,10,15-16H,2-4,7,9,11-13H2,1H3,(H,22,23). The lowest BCUT2D eigenvalue weighted by Gasteiger charge is -2.48. The normalized spacial score (nSPS) is 23.8. The van der Waals surface area contributed by atoms with Crippen LogP contribution in [0.5, 0.6) is 5.75 Å². The van der Waals surface area contributed by atoms with Crippen molar-refractivity contribution in [1.82, 2.24) is 9.80 Å². The number of amides is 1. The largest absolute Gasteiger partial charge is 0.482 e. The number of carbonyl (C=O) groups excluding carboxylic acids is 1. The van der Waals surface area contributed by atoms with Crippen LogP contribution in [0.15, 0.2) is 24.3 Å². The summed E-state index contributed by atoms with van der Waals surface area (Å²) >= 11 is 0. The number of hydrogen-bond donors (Lipinski definition) is 1. The Bertz CT molecular complexity index is 634. The van der Waals surface area contributed by atoms with Crippen LogP contribution in [-0.2, 0) is 4.79 Å². The zero-order chi connectivity index (χ0) is 17.8. The Balaban J connectivity index is 1.74. The molecule has 6 nitrogen and oxygen atoms in total. The first-order valence-electron chi connectivity index (χ1n) is 9.08. The number of benzene rings is 1. The zero-order valence-electron chi connectivity index (χ0n) is 14.7. The van der Waals surface area contributed by atoms with Gasteiger partial charge in [0.05, 0.1) is 0 Å². The van der Waals surface area contributed by atoms with E-state index in [2.05, 4.69) is 11.8 Å². The van der Waals surface area contributed by atoms with E-state index in [1.165, 1.54) is 12.8 Å². The third kappa shape index (κ3) is 4.12. The van der Waals surface area contributed by atoms with Crippen LogP contribution in [0, 0.1) is 0 Å². The van der Waals surface area contributed by atoms with Gasteiger partial charge < -0.3 is 14.7 Å². The minimum absolute atomic E-state index is 0.0119. The molecule has 1 amide bonds. The topological polar surface area (TPSA) is 70.1 Å². The number of hydrogen-bond acceptors (Lipinski definition) is 4. The average molecular weight is 346 g/mol. The first kappa shape index (κ1) is 17.7. The van der Waals surface area contributed by atoms with Crippen molar-refractivity contribution in [3.05, 3.63) is 29.8 Å². The van der Waals surface area contributed by atoms with E-state index in [0.717, 1.165) is 32.5 Å². The first-order chi connectivity index (χ1) is 12.1. The molecule has 25 heavy (non-hydrogen) atoms. The summed E-state index contributed by atoms with van der Waals surface area (Å²) in [6, 6.07) is 7.52. The third-order valence-electron chi connectivity index (χ3n) is 5.22. The molecule has 2 aliphatic heterocycles. The molecule has 2 atom stereocenters. The van der Waals surface area contributed by atoms with Crippen LogP contribution < -0.4 is 4.74 Å². The van der Waals surface area contributed by atoms with E-state index in [0.29, 0.717) is 17.4 Å². The summed E-state index contributed by atoms with van der Waals surface area (Å²) in [7, 11) is 0. The molecule has 1 aromatic rings. The number of aliphatic carboxylic acids is 1. The Morgan fingerprint density at radius 3 is 2.88 bits per heavy atom. The summed E-state index contributed by atoms with van der Waals surface area (Å²) in [5.74, 6) is -0.605. The smallest absolute Gasteiger partial charge is 0.341 e. The number of carboxylic acid groups (broad SMARTS) is 1. The Morgan fingerprint density at radius 1 is 1.28 bits per heavy atom. The molecule has 1 N–H and O–H groups in total. The van der Waals surface area contributed by atoms with Gasteiger partial charge >= 0.3 is 5.97 Å². The molecule has 2 unspecified atom stereocenters. The predicted octanol–water partition coefficient (Wildman–Crippen LogP) is 2.24. The van der Waals surface area contributed by atoms with Gasteiger partial charge in [0.15, 0.2) is 6.61 Å². The highest BCUT2D eigenvalue weighted by molar-refractivity contribution is 5.95. The molecule has 0 aromatic heterocycles. The van der Waals surface area contributed by atoms with E-state index in [1.54, 1.807) is 24.3 Å². The fraction of sp³-hybridized carbons (Fsp3) is 0.579. The summed E-state index contributed by atoms with van der Waals surface area (Å²) in [6.45, 7) is 4.58. The maximum atomic E-state index is 13.1. The lowest BCUT2D eigenvalue weighted by Crippen LogP contribution is -2.60. The van der Waals surface area contributed by atoms with Gasteiger partial charge in [-0.2, -0.15) is 0 Å². The highest BCUT2D eigenvalue weighted by Gasteiger charge is 2.36. The van der Waals surface area contributed by atoms with E-state index in [1.807, 2.05) is 4.90 Å². The minimum atomic E-state index is -1.03. The predicted molar refractivity (Wildman–Crippen MR) is 93.9 cm³/mol. The molecule has 0 spiro atoms. The van der Waals surface area contributed by atoms with E-state index in [9.17, 15) is 9.59 Å². The number of piperazine rings is 1. The van der Waals surface area contributed by atoms with Crippen molar-refractivity contribution >= 4 is 11.9 Å². The Hall–Kier alpha value is -2.08.